The second kappa shape index (κ2) is 7.81. The summed E-state index contributed by atoms with van der Waals surface area (Å²) in [6, 6.07) is 4.73. The van der Waals surface area contributed by atoms with E-state index in [1.807, 2.05) is 22.9 Å². The third-order valence-corrected chi connectivity index (χ3v) is 6.13. The number of carbonyl (C=O) groups is 1. The molecule has 0 spiro atoms. The maximum atomic E-state index is 12.6. The van der Waals surface area contributed by atoms with Gasteiger partial charge in [-0.2, -0.15) is 13.2 Å². The van der Waals surface area contributed by atoms with Crippen LogP contribution in [0.1, 0.15) is 12.5 Å². The van der Waals surface area contributed by atoms with Gasteiger partial charge in [0.1, 0.15) is 23.9 Å². The van der Waals surface area contributed by atoms with Gasteiger partial charge in [-0.15, -0.1) is 0 Å². The van der Waals surface area contributed by atoms with Crippen LogP contribution in [0.25, 0.3) is 21.9 Å². The molecular weight excluding hydrogens is 441 g/mol. The largest absolute Gasteiger partial charge is 0.471 e. The lowest BCUT2D eigenvalue weighted by Crippen LogP contribution is -2.31. The minimum absolute atomic E-state index is 0.197. The maximum absolute atomic E-state index is 12.6. The van der Waals surface area contributed by atoms with Gasteiger partial charge in [-0.05, 0) is 24.6 Å². The molecule has 5 rings (SSSR count). The maximum Gasteiger partial charge on any atom is 0.471 e. The molecule has 1 saturated carbocycles. The van der Waals surface area contributed by atoms with E-state index < -0.39 is 30.3 Å². The number of anilines is 1. The highest BCUT2D eigenvalue weighted by atomic mass is 19.4. The molecule has 0 unspecified atom stereocenters. The fraction of sp³-hybridized carbons (Fsp3) is 0.333. The number of amides is 1. The summed E-state index contributed by atoms with van der Waals surface area (Å²) in [5.74, 6) is -2.71. The molecule has 0 aliphatic heterocycles. The van der Waals surface area contributed by atoms with Crippen molar-refractivity contribution in [2.75, 3.05) is 5.32 Å². The summed E-state index contributed by atoms with van der Waals surface area (Å²) < 4.78 is 41.5. The van der Waals surface area contributed by atoms with Gasteiger partial charge in [0.25, 0.3) is 0 Å². The van der Waals surface area contributed by atoms with E-state index >= 15 is 0 Å². The Morgan fingerprint density at radius 1 is 1.15 bits per heavy atom. The summed E-state index contributed by atoms with van der Waals surface area (Å²) >= 11 is 0. The quantitative estimate of drug-likeness (QED) is 0.430. The third kappa shape index (κ3) is 3.70. The molecule has 4 aromatic rings. The number of aliphatic hydroxyl groups is 2. The number of nitrogens with one attached hydrogen (secondary N) is 1. The molecule has 1 aliphatic rings. The number of alkyl halides is 3. The summed E-state index contributed by atoms with van der Waals surface area (Å²) in [6.07, 6.45) is 1.13. The smallest absolute Gasteiger partial charge is 0.390 e. The van der Waals surface area contributed by atoms with Crippen molar-refractivity contribution in [1.82, 2.24) is 24.1 Å². The molecule has 0 saturated heterocycles. The summed E-state index contributed by atoms with van der Waals surface area (Å²) in [5, 5.41) is 24.5. The average molecular weight is 460 g/mol. The van der Waals surface area contributed by atoms with Gasteiger partial charge in [-0.1, -0.05) is 0 Å². The molecule has 33 heavy (non-hydrogen) atoms. The van der Waals surface area contributed by atoms with Crippen LogP contribution in [0.15, 0.2) is 49.3 Å². The molecule has 1 fully saturated rings. The minimum Gasteiger partial charge on any atom is -0.390 e. The third-order valence-electron chi connectivity index (χ3n) is 6.13. The number of hydrogen-bond acceptors (Lipinski definition) is 6. The van der Waals surface area contributed by atoms with Gasteiger partial charge in [0.2, 0.25) is 0 Å². The Morgan fingerprint density at radius 2 is 1.97 bits per heavy atom. The highest BCUT2D eigenvalue weighted by molar-refractivity contribution is 6.00. The Labute approximate surface area is 184 Å². The molecule has 0 radical (unpaired) electrons. The summed E-state index contributed by atoms with van der Waals surface area (Å²) in [5.41, 5.74) is 1.15. The van der Waals surface area contributed by atoms with E-state index in [0.29, 0.717) is 13.0 Å². The first kappa shape index (κ1) is 21.3. The van der Waals surface area contributed by atoms with Crippen molar-refractivity contribution >= 4 is 33.7 Å². The van der Waals surface area contributed by atoms with Gasteiger partial charge in [-0.25, -0.2) is 9.97 Å². The predicted octanol–water partition coefficient (Wildman–Crippen LogP) is 2.26. The molecule has 9 nitrogen and oxygen atoms in total. The molecule has 4 atom stereocenters. The molecule has 172 valence electrons. The van der Waals surface area contributed by atoms with Crippen molar-refractivity contribution in [2.45, 2.75) is 37.4 Å². The molecule has 1 amide bonds. The van der Waals surface area contributed by atoms with Crippen molar-refractivity contribution < 1.29 is 28.2 Å². The number of aliphatic hydroxyl groups excluding tert-OH is 2. The fourth-order valence-corrected chi connectivity index (χ4v) is 4.51. The molecular formula is C21H19F3N6O3. The van der Waals surface area contributed by atoms with Crippen LogP contribution in [-0.2, 0) is 11.3 Å². The van der Waals surface area contributed by atoms with Crippen molar-refractivity contribution in [2.24, 2.45) is 5.92 Å². The van der Waals surface area contributed by atoms with Crippen molar-refractivity contribution in [3.63, 3.8) is 0 Å². The summed E-state index contributed by atoms with van der Waals surface area (Å²) in [6.45, 7) is 0.449. The molecule has 4 aromatic heterocycles. The Balaban J connectivity index is 1.42. The molecule has 1 aliphatic carbocycles. The van der Waals surface area contributed by atoms with Crippen LogP contribution in [0, 0.1) is 5.92 Å². The second-order valence-corrected chi connectivity index (χ2v) is 8.08. The van der Waals surface area contributed by atoms with Gasteiger partial charge in [0.15, 0.2) is 0 Å². The molecule has 3 N–H and O–H groups in total. The SMILES string of the molecule is O=C(Nc1ncnc2c1ccn2[C@@H]1C[C@H](Cn2ccc3ccncc32)[C@@H](O)[C@H]1O)C(F)(F)F. The highest BCUT2D eigenvalue weighted by Gasteiger charge is 2.43. The lowest BCUT2D eigenvalue weighted by molar-refractivity contribution is -0.167. The van der Waals surface area contributed by atoms with Crippen LogP contribution in [0.4, 0.5) is 19.0 Å². The predicted molar refractivity (Wildman–Crippen MR) is 111 cm³/mol. The van der Waals surface area contributed by atoms with Crippen LogP contribution < -0.4 is 5.32 Å². The van der Waals surface area contributed by atoms with E-state index in [0.717, 1.165) is 17.2 Å². The zero-order valence-corrected chi connectivity index (χ0v) is 17.0. The first-order valence-corrected chi connectivity index (χ1v) is 10.2. The van der Waals surface area contributed by atoms with Crippen molar-refractivity contribution in [3.8, 4) is 0 Å². The number of rotatable bonds is 4. The van der Waals surface area contributed by atoms with Gasteiger partial charge in [-0.3, -0.25) is 9.78 Å². The van der Waals surface area contributed by atoms with E-state index in [-0.39, 0.29) is 22.8 Å². The zero-order valence-electron chi connectivity index (χ0n) is 17.0. The molecule has 12 heteroatoms. The van der Waals surface area contributed by atoms with Crippen LogP contribution in [-0.4, -0.2) is 58.6 Å². The van der Waals surface area contributed by atoms with E-state index in [9.17, 15) is 28.2 Å². The Hall–Kier alpha value is -3.51. The van der Waals surface area contributed by atoms with E-state index in [1.54, 1.807) is 28.5 Å². The number of carbonyl (C=O) groups excluding carboxylic acids is 1. The van der Waals surface area contributed by atoms with Crippen LogP contribution in [0.5, 0.6) is 0 Å². The van der Waals surface area contributed by atoms with Gasteiger partial charge in [0, 0.05) is 36.4 Å². The normalized spacial score (nSPS) is 23.4. The average Bonchev–Trinajstić information content (AvgIpc) is 3.46. The monoisotopic (exact) mass is 460 g/mol. The van der Waals surface area contributed by atoms with Crippen molar-refractivity contribution in [1.29, 1.82) is 0 Å². The summed E-state index contributed by atoms with van der Waals surface area (Å²) in [7, 11) is 0. The van der Waals surface area contributed by atoms with Crippen LogP contribution >= 0.6 is 0 Å². The fourth-order valence-electron chi connectivity index (χ4n) is 4.51. The first-order chi connectivity index (χ1) is 15.7. The Morgan fingerprint density at radius 3 is 2.76 bits per heavy atom. The zero-order chi connectivity index (χ0) is 23.3. The minimum atomic E-state index is -5.06. The number of nitrogens with zero attached hydrogens (tertiary/aromatic N) is 5. The molecule has 0 aromatic carbocycles. The number of halogens is 3. The number of hydrogen-bond donors (Lipinski definition) is 3. The van der Waals surface area contributed by atoms with Crippen LogP contribution in [0.3, 0.4) is 0 Å². The number of aromatic nitrogens is 5. The second-order valence-electron chi connectivity index (χ2n) is 8.08. The van der Waals surface area contributed by atoms with E-state index in [1.165, 1.54) is 6.07 Å². The van der Waals surface area contributed by atoms with Crippen molar-refractivity contribution in [3.05, 3.63) is 49.3 Å². The van der Waals surface area contributed by atoms with Gasteiger partial charge >= 0.3 is 12.1 Å². The topological polar surface area (TPSA) is 118 Å². The number of pyridine rings is 1. The van der Waals surface area contributed by atoms with Gasteiger partial charge < -0.3 is 24.7 Å². The van der Waals surface area contributed by atoms with Gasteiger partial charge in [0.05, 0.1) is 29.2 Å². The molecule has 0 bridgehead atoms. The standard InChI is InChI=1S/C21H19F3N6O3/c22-21(23,24)20(33)28-18-13-3-6-30(19(13)27-10-26-18)14-7-12(16(31)17(14)32)9-29-5-2-11-1-4-25-8-15(11)29/h1-6,8,10,12,14,16-17,31-32H,7,9H2,(H,26,27,28,33)/t12-,14-,16-,17+/m1/s1. The summed E-state index contributed by atoms with van der Waals surface area (Å²) in [4.78, 5) is 23.4. The lowest BCUT2D eigenvalue weighted by Gasteiger charge is -2.19. The lowest BCUT2D eigenvalue weighted by atomic mass is 10.1. The van der Waals surface area contributed by atoms with Crippen LogP contribution in [0.2, 0.25) is 0 Å². The van der Waals surface area contributed by atoms with E-state index in [4.69, 9.17) is 0 Å². The first-order valence-electron chi connectivity index (χ1n) is 10.2. The Kier molecular flexibility index (Phi) is 5.05. The Bertz CT molecular complexity index is 1330. The number of fused-ring (bicyclic) bond motifs is 2. The molecule has 4 heterocycles. The highest BCUT2D eigenvalue weighted by Crippen LogP contribution is 2.39. The van der Waals surface area contributed by atoms with E-state index in [2.05, 4.69) is 15.0 Å².